The number of nitrogens with one attached hydrogen (secondary N) is 1. The van der Waals surface area contributed by atoms with Crippen molar-refractivity contribution in [2.75, 3.05) is 37.6 Å². The molecule has 1 unspecified atom stereocenters. The van der Waals surface area contributed by atoms with E-state index in [1.54, 1.807) is 12.1 Å². The molecule has 0 aromatic heterocycles. The topological polar surface area (TPSA) is 35.6 Å². The summed E-state index contributed by atoms with van der Waals surface area (Å²) in [6.45, 7) is 8.08. The lowest BCUT2D eigenvalue weighted by atomic mass is 10.2. The number of carbonyl (C=O) groups is 1. The van der Waals surface area contributed by atoms with Crippen molar-refractivity contribution in [1.82, 2.24) is 10.2 Å². The number of nitrogens with zero attached hydrogens (tertiary/aromatic N) is 2. The third-order valence-electron chi connectivity index (χ3n) is 4.27. The van der Waals surface area contributed by atoms with Crippen molar-refractivity contribution in [3.8, 4) is 0 Å². The minimum Gasteiger partial charge on any atom is -0.368 e. The highest BCUT2D eigenvalue weighted by Crippen LogP contribution is 2.17. The van der Waals surface area contributed by atoms with Crippen molar-refractivity contribution in [2.45, 2.75) is 32.7 Å². The molecule has 1 N–H and O–H groups in total. The molecular formula is C17H26FN3O. The normalized spacial score (nSPS) is 16.7. The molecule has 1 heterocycles. The largest absolute Gasteiger partial charge is 0.368 e. The van der Waals surface area contributed by atoms with Gasteiger partial charge in [0.1, 0.15) is 5.82 Å². The fourth-order valence-electron chi connectivity index (χ4n) is 2.59. The molecule has 1 aliphatic heterocycles. The SMILES string of the molecule is CCC(C)NCCC(=O)N1CCN(c2ccc(F)cc2)CC1. The number of anilines is 1. The van der Waals surface area contributed by atoms with Crippen LogP contribution in [0.5, 0.6) is 0 Å². The van der Waals surface area contributed by atoms with E-state index in [1.165, 1.54) is 12.1 Å². The van der Waals surface area contributed by atoms with Crippen molar-refractivity contribution < 1.29 is 9.18 Å². The number of amides is 1. The Kier molecular flexibility index (Phi) is 6.19. The molecule has 1 aromatic carbocycles. The fourth-order valence-corrected chi connectivity index (χ4v) is 2.59. The summed E-state index contributed by atoms with van der Waals surface area (Å²) in [7, 11) is 0. The van der Waals surface area contributed by atoms with Gasteiger partial charge in [0.05, 0.1) is 0 Å². The van der Waals surface area contributed by atoms with Gasteiger partial charge >= 0.3 is 0 Å². The van der Waals surface area contributed by atoms with Gasteiger partial charge in [-0.15, -0.1) is 0 Å². The van der Waals surface area contributed by atoms with Crippen LogP contribution in [-0.2, 0) is 4.79 Å². The van der Waals surface area contributed by atoms with Crippen LogP contribution in [0, 0.1) is 5.82 Å². The van der Waals surface area contributed by atoms with Gasteiger partial charge in [-0.1, -0.05) is 6.92 Å². The number of carbonyl (C=O) groups excluding carboxylic acids is 1. The number of hydrogen-bond donors (Lipinski definition) is 1. The lowest BCUT2D eigenvalue weighted by Gasteiger charge is -2.36. The van der Waals surface area contributed by atoms with Crippen LogP contribution >= 0.6 is 0 Å². The molecule has 1 amide bonds. The highest BCUT2D eigenvalue weighted by atomic mass is 19.1. The minimum atomic E-state index is -0.216. The first-order valence-corrected chi connectivity index (χ1v) is 8.12. The highest BCUT2D eigenvalue weighted by molar-refractivity contribution is 5.76. The third-order valence-corrected chi connectivity index (χ3v) is 4.27. The molecule has 1 fully saturated rings. The quantitative estimate of drug-likeness (QED) is 0.875. The molecule has 0 saturated carbocycles. The molecule has 1 aromatic rings. The van der Waals surface area contributed by atoms with Crippen LogP contribution < -0.4 is 10.2 Å². The molecule has 22 heavy (non-hydrogen) atoms. The maximum atomic E-state index is 12.9. The molecule has 0 spiro atoms. The fraction of sp³-hybridized carbons (Fsp3) is 0.588. The van der Waals surface area contributed by atoms with E-state index in [1.807, 2.05) is 4.90 Å². The Bertz CT molecular complexity index is 469. The van der Waals surface area contributed by atoms with E-state index in [-0.39, 0.29) is 11.7 Å². The van der Waals surface area contributed by atoms with Gasteiger partial charge in [-0.2, -0.15) is 0 Å². The van der Waals surface area contributed by atoms with Gasteiger partial charge in [-0.3, -0.25) is 4.79 Å². The lowest BCUT2D eigenvalue weighted by Crippen LogP contribution is -2.49. The Balaban J connectivity index is 1.74. The van der Waals surface area contributed by atoms with E-state index < -0.39 is 0 Å². The van der Waals surface area contributed by atoms with Crippen molar-refractivity contribution in [3.63, 3.8) is 0 Å². The van der Waals surface area contributed by atoms with Crippen LogP contribution in [0.1, 0.15) is 26.7 Å². The molecule has 0 aliphatic carbocycles. The van der Waals surface area contributed by atoms with Gasteiger partial charge in [0.2, 0.25) is 5.91 Å². The maximum absolute atomic E-state index is 12.9. The molecule has 1 atom stereocenters. The first-order valence-electron chi connectivity index (χ1n) is 8.12. The van der Waals surface area contributed by atoms with Crippen LogP contribution in [0.25, 0.3) is 0 Å². The van der Waals surface area contributed by atoms with Crippen molar-refractivity contribution in [3.05, 3.63) is 30.1 Å². The zero-order chi connectivity index (χ0) is 15.9. The van der Waals surface area contributed by atoms with Crippen LogP contribution in [0.15, 0.2) is 24.3 Å². The molecule has 4 nitrogen and oxygen atoms in total. The van der Waals surface area contributed by atoms with Crippen LogP contribution in [0.2, 0.25) is 0 Å². The van der Waals surface area contributed by atoms with Gasteiger partial charge in [0, 0.05) is 50.9 Å². The van der Waals surface area contributed by atoms with Crippen molar-refractivity contribution in [1.29, 1.82) is 0 Å². The van der Waals surface area contributed by atoms with Crippen molar-refractivity contribution in [2.24, 2.45) is 0 Å². The Morgan fingerprint density at radius 2 is 1.86 bits per heavy atom. The highest BCUT2D eigenvalue weighted by Gasteiger charge is 2.20. The van der Waals surface area contributed by atoms with E-state index in [0.29, 0.717) is 12.5 Å². The predicted octanol–water partition coefficient (Wildman–Crippen LogP) is 2.25. The lowest BCUT2D eigenvalue weighted by molar-refractivity contribution is -0.131. The molecule has 1 saturated heterocycles. The number of piperazine rings is 1. The predicted molar refractivity (Wildman–Crippen MR) is 87.6 cm³/mol. The summed E-state index contributed by atoms with van der Waals surface area (Å²) in [5.41, 5.74) is 1.02. The molecule has 122 valence electrons. The smallest absolute Gasteiger partial charge is 0.223 e. The zero-order valence-electron chi connectivity index (χ0n) is 13.5. The summed E-state index contributed by atoms with van der Waals surface area (Å²) in [6, 6.07) is 7.01. The number of benzene rings is 1. The number of halogens is 1. The minimum absolute atomic E-state index is 0.216. The number of hydrogen-bond acceptors (Lipinski definition) is 3. The number of rotatable bonds is 6. The Labute approximate surface area is 132 Å². The van der Waals surface area contributed by atoms with Gasteiger partial charge in [-0.25, -0.2) is 4.39 Å². The van der Waals surface area contributed by atoms with E-state index in [2.05, 4.69) is 24.1 Å². The monoisotopic (exact) mass is 307 g/mol. The van der Waals surface area contributed by atoms with Crippen LogP contribution in [0.4, 0.5) is 10.1 Å². The third kappa shape index (κ3) is 4.70. The van der Waals surface area contributed by atoms with Crippen LogP contribution in [-0.4, -0.2) is 49.6 Å². The van der Waals surface area contributed by atoms with Gasteiger partial charge < -0.3 is 15.1 Å². The summed E-state index contributed by atoms with van der Waals surface area (Å²) < 4.78 is 12.9. The Morgan fingerprint density at radius 3 is 2.45 bits per heavy atom. The second-order valence-electron chi connectivity index (χ2n) is 5.86. The second-order valence-corrected chi connectivity index (χ2v) is 5.86. The standard InChI is InChI=1S/C17H26FN3O/c1-3-14(2)19-9-8-17(22)21-12-10-20(11-13-21)16-6-4-15(18)5-7-16/h4-7,14,19H,3,8-13H2,1-2H3. The molecule has 1 aliphatic rings. The van der Waals surface area contributed by atoms with E-state index in [0.717, 1.165) is 44.8 Å². The first kappa shape index (κ1) is 16.7. The van der Waals surface area contributed by atoms with Crippen LogP contribution in [0.3, 0.4) is 0 Å². The van der Waals surface area contributed by atoms with E-state index >= 15 is 0 Å². The average molecular weight is 307 g/mol. The van der Waals surface area contributed by atoms with Gasteiger partial charge in [0.25, 0.3) is 0 Å². The summed E-state index contributed by atoms with van der Waals surface area (Å²) in [4.78, 5) is 16.3. The zero-order valence-corrected chi connectivity index (χ0v) is 13.5. The molecule has 0 radical (unpaired) electrons. The van der Waals surface area contributed by atoms with Gasteiger partial charge in [0.15, 0.2) is 0 Å². The summed E-state index contributed by atoms with van der Waals surface area (Å²) >= 11 is 0. The Morgan fingerprint density at radius 1 is 1.23 bits per heavy atom. The summed E-state index contributed by atoms with van der Waals surface area (Å²) in [5.74, 6) is 0.000862. The summed E-state index contributed by atoms with van der Waals surface area (Å²) in [6.07, 6.45) is 1.63. The van der Waals surface area contributed by atoms with Gasteiger partial charge in [-0.05, 0) is 37.6 Å². The van der Waals surface area contributed by atoms with Crippen molar-refractivity contribution >= 4 is 11.6 Å². The molecule has 2 rings (SSSR count). The van der Waals surface area contributed by atoms with E-state index in [4.69, 9.17) is 0 Å². The maximum Gasteiger partial charge on any atom is 0.223 e. The van der Waals surface area contributed by atoms with E-state index in [9.17, 15) is 9.18 Å². The molecule has 5 heteroatoms. The molecule has 0 bridgehead atoms. The average Bonchev–Trinajstić information content (AvgIpc) is 2.55. The first-order chi connectivity index (χ1) is 10.6. The second kappa shape index (κ2) is 8.13. The summed E-state index contributed by atoms with van der Waals surface area (Å²) in [5, 5.41) is 3.35. The Hall–Kier alpha value is -1.62. The molecular weight excluding hydrogens is 281 g/mol.